The molecule has 3 unspecified atom stereocenters. The van der Waals surface area contributed by atoms with E-state index in [0.717, 1.165) is 10.8 Å². The normalized spacial score (nSPS) is 23.8. The molecule has 0 spiro atoms. The number of ether oxygens (including phenoxy) is 1. The minimum atomic E-state index is -4.02. The van der Waals surface area contributed by atoms with Crippen molar-refractivity contribution in [3.63, 3.8) is 0 Å². The second-order valence-electron chi connectivity index (χ2n) is 10.2. The number of amides is 1. The summed E-state index contributed by atoms with van der Waals surface area (Å²) in [5, 5.41) is 1.66. The lowest BCUT2D eigenvalue weighted by Crippen LogP contribution is -2.63. The van der Waals surface area contributed by atoms with Crippen LogP contribution in [-0.4, -0.2) is 57.2 Å². The number of carbonyl (C=O) groups is 3. The zero-order valence-electron chi connectivity index (χ0n) is 22.2. The number of hydrogen-bond acceptors (Lipinski definition) is 6. The number of allylic oxidation sites excluding steroid dienone is 1. The molecule has 2 aromatic carbocycles. The predicted molar refractivity (Wildman–Crippen MR) is 149 cm³/mol. The Labute approximate surface area is 228 Å². The zero-order chi connectivity index (χ0) is 28.2. The van der Waals surface area contributed by atoms with Gasteiger partial charge >= 0.3 is 16.2 Å². The third-order valence-corrected chi connectivity index (χ3v) is 9.89. The molecular formula is C29H31N3O6S. The minimum Gasteiger partial charge on any atom is -0.457 e. The van der Waals surface area contributed by atoms with Crippen LogP contribution >= 0.6 is 0 Å². The number of esters is 1. The highest BCUT2D eigenvalue weighted by atomic mass is 32.2. The van der Waals surface area contributed by atoms with Crippen molar-refractivity contribution in [2.45, 2.75) is 26.3 Å². The van der Waals surface area contributed by atoms with Gasteiger partial charge < -0.3 is 9.64 Å². The number of hydrogen-bond donors (Lipinski definition) is 0. The Morgan fingerprint density at radius 3 is 2.41 bits per heavy atom. The van der Waals surface area contributed by atoms with Crippen molar-refractivity contribution in [1.82, 2.24) is 4.90 Å². The van der Waals surface area contributed by atoms with E-state index in [4.69, 9.17) is 4.74 Å². The molecule has 39 heavy (non-hydrogen) atoms. The Morgan fingerprint density at radius 1 is 1.10 bits per heavy atom. The smallest absolute Gasteiger partial charge is 0.355 e. The molecule has 0 bridgehead atoms. The lowest BCUT2D eigenvalue weighted by molar-refractivity contribution is -0.162. The molecule has 0 aromatic heterocycles. The first-order chi connectivity index (χ1) is 18.6. The van der Waals surface area contributed by atoms with Gasteiger partial charge in [0.25, 0.3) is 0 Å². The largest absolute Gasteiger partial charge is 0.457 e. The van der Waals surface area contributed by atoms with Gasteiger partial charge in [-0.15, -0.1) is 6.58 Å². The first-order valence-electron chi connectivity index (χ1n) is 12.8. The number of carbonyl (C=O) groups excluding carboxylic acids is 3. The maximum atomic E-state index is 13.8. The fourth-order valence-electron chi connectivity index (χ4n) is 6.08. The summed E-state index contributed by atoms with van der Waals surface area (Å²) in [4.78, 5) is 40.8. The maximum absolute atomic E-state index is 13.8. The van der Waals surface area contributed by atoms with Crippen LogP contribution in [-0.2, 0) is 29.3 Å². The van der Waals surface area contributed by atoms with E-state index in [9.17, 15) is 22.8 Å². The fraction of sp³-hybridized carbons (Fsp3) is 0.345. The lowest BCUT2D eigenvalue weighted by atomic mass is 9.72. The summed E-state index contributed by atoms with van der Waals surface area (Å²) >= 11 is 0. The van der Waals surface area contributed by atoms with Crippen molar-refractivity contribution in [2.75, 3.05) is 28.8 Å². The van der Waals surface area contributed by atoms with Gasteiger partial charge in [0.15, 0.2) is 0 Å². The Hall–Kier alpha value is -3.92. The first kappa shape index (κ1) is 26.7. The molecule has 2 aromatic rings. The summed E-state index contributed by atoms with van der Waals surface area (Å²) < 4.78 is 35.5. The van der Waals surface area contributed by atoms with Crippen molar-refractivity contribution in [3.05, 3.63) is 73.0 Å². The minimum absolute atomic E-state index is 0.0443. The van der Waals surface area contributed by atoms with E-state index >= 15 is 0 Å². The molecule has 3 aliphatic heterocycles. The lowest BCUT2D eigenvalue weighted by Gasteiger charge is -2.47. The van der Waals surface area contributed by atoms with Gasteiger partial charge in [0.1, 0.15) is 18.1 Å². The Bertz CT molecular complexity index is 1560. The van der Waals surface area contributed by atoms with Crippen LogP contribution in [0.2, 0.25) is 0 Å². The molecule has 10 heteroatoms. The summed E-state index contributed by atoms with van der Waals surface area (Å²) in [5.74, 6) is -2.77. The van der Waals surface area contributed by atoms with Crippen molar-refractivity contribution in [3.8, 4) is 0 Å². The molecule has 1 amide bonds. The monoisotopic (exact) mass is 549 g/mol. The van der Waals surface area contributed by atoms with Gasteiger partial charge in [-0.2, -0.15) is 8.42 Å². The molecule has 1 fully saturated rings. The highest BCUT2D eigenvalue weighted by molar-refractivity contribution is 7.94. The van der Waals surface area contributed by atoms with Crippen LogP contribution in [0.3, 0.4) is 0 Å². The SMILES string of the molecule is C=CCOC(=O)C1=C(CN2c3cccc4cccc(c34)N(C)S2(=O)=O)C(C)C2C([C@@H](C)C(=O)CC=C)C(=O)N12. The van der Waals surface area contributed by atoms with Gasteiger partial charge in [-0.3, -0.25) is 13.9 Å². The highest BCUT2D eigenvalue weighted by Crippen LogP contribution is 2.50. The summed E-state index contributed by atoms with van der Waals surface area (Å²) in [6.07, 6.45) is 3.07. The Balaban J connectivity index is 1.60. The van der Waals surface area contributed by atoms with Crippen LogP contribution in [0, 0.1) is 17.8 Å². The molecular weight excluding hydrogens is 518 g/mol. The van der Waals surface area contributed by atoms with E-state index in [1.165, 1.54) is 32.7 Å². The third kappa shape index (κ3) is 3.88. The number of rotatable bonds is 9. The van der Waals surface area contributed by atoms with Crippen molar-refractivity contribution < 1.29 is 27.5 Å². The van der Waals surface area contributed by atoms with E-state index in [0.29, 0.717) is 16.9 Å². The number of benzene rings is 2. The topological polar surface area (TPSA) is 104 Å². The number of anilines is 2. The van der Waals surface area contributed by atoms with Gasteiger partial charge in [-0.05, 0) is 23.1 Å². The van der Waals surface area contributed by atoms with Gasteiger partial charge in [0.2, 0.25) is 5.91 Å². The highest BCUT2D eigenvalue weighted by Gasteiger charge is 2.61. The van der Waals surface area contributed by atoms with E-state index in [2.05, 4.69) is 13.2 Å². The number of β-lactam (4-membered cyclic amide) rings is 1. The maximum Gasteiger partial charge on any atom is 0.355 e. The average molecular weight is 550 g/mol. The van der Waals surface area contributed by atoms with E-state index < -0.39 is 40.0 Å². The standard InChI is InChI=1S/C29H31N3O6S/c1-6-10-23(33)18(4)24-26-17(3)20(27(32(26)28(24)34)29(35)38-15-7-2)16-31-22-14-9-12-19-11-8-13-21(25(19)22)30(5)39(31,36)37/h6-9,11-14,17-18,24,26H,1-2,10,15-16H2,3-5H3/t17?,18-,24?,26?/m0/s1. The van der Waals surface area contributed by atoms with Gasteiger partial charge in [-0.25, -0.2) is 9.10 Å². The molecule has 1 saturated heterocycles. The molecule has 204 valence electrons. The zero-order valence-corrected chi connectivity index (χ0v) is 23.0. The van der Waals surface area contributed by atoms with E-state index in [1.54, 1.807) is 25.1 Å². The van der Waals surface area contributed by atoms with Crippen LogP contribution in [0.15, 0.2) is 73.0 Å². The Kier molecular flexibility index (Phi) is 6.62. The number of fused-ring (bicyclic) bond motifs is 1. The fourth-order valence-corrected chi connectivity index (χ4v) is 7.48. The van der Waals surface area contributed by atoms with E-state index in [1.807, 2.05) is 25.1 Å². The Morgan fingerprint density at radius 2 is 1.77 bits per heavy atom. The summed E-state index contributed by atoms with van der Waals surface area (Å²) in [7, 11) is -2.52. The molecule has 3 aliphatic rings. The van der Waals surface area contributed by atoms with E-state index in [-0.39, 0.29) is 37.0 Å². The van der Waals surface area contributed by atoms with Crippen LogP contribution in [0.5, 0.6) is 0 Å². The second kappa shape index (κ2) is 9.68. The quantitative estimate of drug-likeness (QED) is 0.269. The second-order valence-corrected chi connectivity index (χ2v) is 12.0. The molecule has 0 saturated carbocycles. The van der Waals surface area contributed by atoms with Crippen LogP contribution in [0.4, 0.5) is 11.4 Å². The van der Waals surface area contributed by atoms with Crippen LogP contribution < -0.4 is 8.61 Å². The van der Waals surface area contributed by atoms with Crippen molar-refractivity contribution in [2.24, 2.45) is 17.8 Å². The number of nitrogens with zero attached hydrogens (tertiary/aromatic N) is 3. The van der Waals surface area contributed by atoms with Gasteiger partial charge in [-0.1, -0.05) is 56.8 Å². The van der Waals surface area contributed by atoms with Crippen LogP contribution in [0.25, 0.3) is 10.8 Å². The molecule has 3 heterocycles. The van der Waals surface area contributed by atoms with Gasteiger partial charge in [0.05, 0.1) is 29.9 Å². The third-order valence-electron chi connectivity index (χ3n) is 8.12. The van der Waals surface area contributed by atoms with Crippen LogP contribution in [0.1, 0.15) is 20.3 Å². The number of ketones is 1. The molecule has 0 N–H and O–H groups in total. The van der Waals surface area contributed by atoms with Crippen molar-refractivity contribution >= 4 is 50.0 Å². The predicted octanol–water partition coefficient (Wildman–Crippen LogP) is 3.58. The molecule has 9 nitrogen and oxygen atoms in total. The molecule has 4 atom stereocenters. The number of Topliss-reactive ketones (excluding diaryl/α,β-unsaturated/α-hetero) is 1. The first-order valence-corrected chi connectivity index (χ1v) is 14.2. The average Bonchev–Trinajstić information content (AvgIpc) is 3.16. The summed E-state index contributed by atoms with van der Waals surface area (Å²) in [5.41, 5.74) is 1.57. The molecule has 0 radical (unpaired) electrons. The molecule has 5 rings (SSSR count). The van der Waals surface area contributed by atoms with Gasteiger partial charge in [0, 0.05) is 30.7 Å². The van der Waals surface area contributed by atoms with Crippen molar-refractivity contribution in [1.29, 1.82) is 0 Å². The molecule has 0 aliphatic carbocycles. The summed E-state index contributed by atoms with van der Waals surface area (Å²) in [6.45, 7) is 10.6. The summed E-state index contributed by atoms with van der Waals surface area (Å²) in [6, 6.07) is 10.5.